The number of carbonyl (C=O) groups is 1. The summed E-state index contributed by atoms with van der Waals surface area (Å²) in [7, 11) is 1.69. The number of ether oxygens (including phenoxy) is 1. The summed E-state index contributed by atoms with van der Waals surface area (Å²) >= 11 is 0. The van der Waals surface area contributed by atoms with Crippen molar-refractivity contribution in [3.8, 4) is 5.75 Å². The summed E-state index contributed by atoms with van der Waals surface area (Å²) in [5.41, 5.74) is 0.943. The molecule has 2 aliphatic rings. The predicted octanol–water partition coefficient (Wildman–Crippen LogP) is 1.73. The third-order valence-corrected chi connectivity index (χ3v) is 5.10. The van der Waals surface area contributed by atoms with E-state index in [1.165, 1.54) is 5.69 Å². The highest BCUT2D eigenvalue weighted by molar-refractivity contribution is 5.83. The molecule has 5 heteroatoms. The second-order valence-corrected chi connectivity index (χ2v) is 6.82. The van der Waals surface area contributed by atoms with Gasteiger partial charge in [0.25, 0.3) is 0 Å². The third kappa shape index (κ3) is 3.44. The standard InChI is InChI=1S/C18H27N3O2/c1-18(7-4-8-19-14-18)17(22)21-11-9-20(10-12-21)15-5-3-6-16(13-15)23-2/h3,5-6,13,19H,4,7-12,14H2,1-2H3. The fourth-order valence-electron chi connectivity index (χ4n) is 3.60. The number of hydrogen-bond donors (Lipinski definition) is 1. The fraction of sp³-hybridized carbons (Fsp3) is 0.611. The summed E-state index contributed by atoms with van der Waals surface area (Å²) in [6.45, 7) is 7.30. The molecule has 1 aromatic carbocycles. The molecule has 5 nitrogen and oxygen atoms in total. The maximum Gasteiger partial charge on any atom is 0.229 e. The number of amides is 1. The van der Waals surface area contributed by atoms with Crippen molar-refractivity contribution in [3.63, 3.8) is 0 Å². The summed E-state index contributed by atoms with van der Waals surface area (Å²) < 4.78 is 5.30. The average molecular weight is 317 g/mol. The molecular weight excluding hydrogens is 290 g/mol. The van der Waals surface area contributed by atoms with E-state index in [9.17, 15) is 4.79 Å². The summed E-state index contributed by atoms with van der Waals surface area (Å²) in [4.78, 5) is 17.2. The van der Waals surface area contributed by atoms with Crippen LogP contribution in [0.3, 0.4) is 0 Å². The molecule has 1 unspecified atom stereocenters. The maximum absolute atomic E-state index is 12.9. The Morgan fingerprint density at radius 3 is 2.70 bits per heavy atom. The van der Waals surface area contributed by atoms with Crippen LogP contribution in [0.15, 0.2) is 24.3 Å². The summed E-state index contributed by atoms with van der Waals surface area (Å²) in [5, 5.41) is 3.37. The van der Waals surface area contributed by atoms with Gasteiger partial charge in [-0.05, 0) is 38.4 Å². The number of nitrogens with zero attached hydrogens (tertiary/aromatic N) is 2. The van der Waals surface area contributed by atoms with E-state index in [1.807, 2.05) is 17.0 Å². The van der Waals surface area contributed by atoms with Crippen LogP contribution in [0.2, 0.25) is 0 Å². The minimum absolute atomic E-state index is 0.226. The van der Waals surface area contributed by atoms with Crippen molar-refractivity contribution < 1.29 is 9.53 Å². The normalized spacial score (nSPS) is 25.3. The highest BCUT2D eigenvalue weighted by Gasteiger charge is 2.38. The van der Waals surface area contributed by atoms with Crippen LogP contribution in [0.25, 0.3) is 0 Å². The van der Waals surface area contributed by atoms with Gasteiger partial charge in [0.15, 0.2) is 0 Å². The van der Waals surface area contributed by atoms with Crippen LogP contribution in [-0.4, -0.2) is 57.2 Å². The van der Waals surface area contributed by atoms with Gasteiger partial charge in [0.2, 0.25) is 5.91 Å². The van der Waals surface area contributed by atoms with E-state index in [4.69, 9.17) is 4.74 Å². The van der Waals surface area contributed by atoms with E-state index < -0.39 is 0 Å². The number of methoxy groups -OCH3 is 1. The second kappa shape index (κ2) is 6.79. The molecule has 0 aromatic heterocycles. The molecule has 1 atom stereocenters. The lowest BCUT2D eigenvalue weighted by Gasteiger charge is -2.42. The van der Waals surface area contributed by atoms with Gasteiger partial charge in [-0.3, -0.25) is 4.79 Å². The van der Waals surface area contributed by atoms with Crippen LogP contribution in [-0.2, 0) is 4.79 Å². The van der Waals surface area contributed by atoms with Gasteiger partial charge in [-0.25, -0.2) is 0 Å². The zero-order valence-electron chi connectivity index (χ0n) is 14.2. The first-order chi connectivity index (χ1) is 11.1. The van der Waals surface area contributed by atoms with Gasteiger partial charge < -0.3 is 19.9 Å². The highest BCUT2D eigenvalue weighted by Crippen LogP contribution is 2.29. The molecule has 2 heterocycles. The van der Waals surface area contributed by atoms with E-state index >= 15 is 0 Å². The Kier molecular flexibility index (Phi) is 4.76. The molecule has 0 bridgehead atoms. The van der Waals surface area contributed by atoms with Crippen LogP contribution in [0.5, 0.6) is 5.75 Å². The fourth-order valence-corrected chi connectivity index (χ4v) is 3.60. The Bertz CT molecular complexity index is 547. The summed E-state index contributed by atoms with van der Waals surface area (Å²) in [6.07, 6.45) is 2.08. The first-order valence-corrected chi connectivity index (χ1v) is 8.51. The smallest absolute Gasteiger partial charge is 0.229 e. The first kappa shape index (κ1) is 16.1. The quantitative estimate of drug-likeness (QED) is 0.922. The van der Waals surface area contributed by atoms with Gasteiger partial charge in [0.05, 0.1) is 12.5 Å². The molecule has 0 aliphatic carbocycles. The van der Waals surface area contributed by atoms with Crippen molar-refractivity contribution in [2.75, 3.05) is 51.3 Å². The van der Waals surface area contributed by atoms with Crippen molar-refractivity contribution in [2.24, 2.45) is 5.41 Å². The molecule has 0 spiro atoms. The van der Waals surface area contributed by atoms with Gasteiger partial charge in [-0.15, -0.1) is 0 Å². The molecule has 1 amide bonds. The zero-order valence-corrected chi connectivity index (χ0v) is 14.2. The molecule has 0 saturated carbocycles. The minimum atomic E-state index is -0.226. The highest BCUT2D eigenvalue weighted by atomic mass is 16.5. The summed E-state index contributed by atoms with van der Waals surface area (Å²) in [5.74, 6) is 1.19. The monoisotopic (exact) mass is 317 g/mol. The van der Waals surface area contributed by atoms with E-state index in [2.05, 4.69) is 29.3 Å². The molecular formula is C18H27N3O2. The molecule has 2 aliphatic heterocycles. The maximum atomic E-state index is 12.9. The lowest BCUT2D eigenvalue weighted by Crippen LogP contribution is -2.55. The number of piperidine rings is 1. The molecule has 23 heavy (non-hydrogen) atoms. The Hall–Kier alpha value is -1.75. The van der Waals surface area contributed by atoms with Crippen molar-refractivity contribution in [1.29, 1.82) is 0 Å². The van der Waals surface area contributed by atoms with Crippen LogP contribution in [0.4, 0.5) is 5.69 Å². The first-order valence-electron chi connectivity index (χ1n) is 8.51. The van der Waals surface area contributed by atoms with Crippen LogP contribution >= 0.6 is 0 Å². The average Bonchev–Trinajstić information content (AvgIpc) is 2.62. The van der Waals surface area contributed by atoms with E-state index in [-0.39, 0.29) is 5.41 Å². The van der Waals surface area contributed by atoms with Crippen molar-refractivity contribution in [1.82, 2.24) is 10.2 Å². The molecule has 3 rings (SSSR count). The number of benzene rings is 1. The van der Waals surface area contributed by atoms with Crippen LogP contribution in [0.1, 0.15) is 19.8 Å². The number of nitrogens with one attached hydrogen (secondary N) is 1. The molecule has 1 aromatic rings. The third-order valence-electron chi connectivity index (χ3n) is 5.10. The Balaban J connectivity index is 1.60. The number of hydrogen-bond acceptors (Lipinski definition) is 4. The minimum Gasteiger partial charge on any atom is -0.497 e. The molecule has 0 radical (unpaired) electrons. The van der Waals surface area contributed by atoms with Gasteiger partial charge in [0.1, 0.15) is 5.75 Å². The summed E-state index contributed by atoms with van der Waals surface area (Å²) in [6, 6.07) is 8.14. The van der Waals surface area contributed by atoms with Crippen LogP contribution < -0.4 is 15.0 Å². The second-order valence-electron chi connectivity index (χ2n) is 6.82. The van der Waals surface area contributed by atoms with Crippen molar-refractivity contribution in [2.45, 2.75) is 19.8 Å². The van der Waals surface area contributed by atoms with Gasteiger partial charge in [-0.1, -0.05) is 6.07 Å². The lowest BCUT2D eigenvalue weighted by molar-refractivity contribution is -0.142. The van der Waals surface area contributed by atoms with Gasteiger partial charge >= 0.3 is 0 Å². The number of piperazine rings is 1. The molecule has 2 fully saturated rings. The topological polar surface area (TPSA) is 44.8 Å². The number of rotatable bonds is 3. The van der Waals surface area contributed by atoms with E-state index in [0.29, 0.717) is 5.91 Å². The molecule has 2 saturated heterocycles. The van der Waals surface area contributed by atoms with E-state index in [0.717, 1.165) is 57.9 Å². The Morgan fingerprint density at radius 1 is 1.26 bits per heavy atom. The zero-order chi connectivity index (χ0) is 16.3. The molecule has 1 N–H and O–H groups in total. The van der Waals surface area contributed by atoms with Crippen molar-refractivity contribution in [3.05, 3.63) is 24.3 Å². The van der Waals surface area contributed by atoms with E-state index in [1.54, 1.807) is 7.11 Å². The Morgan fingerprint density at radius 2 is 2.04 bits per heavy atom. The van der Waals surface area contributed by atoms with Crippen molar-refractivity contribution >= 4 is 11.6 Å². The lowest BCUT2D eigenvalue weighted by atomic mass is 9.81. The molecule has 126 valence electrons. The number of carbonyl (C=O) groups excluding carboxylic acids is 1. The predicted molar refractivity (Wildman–Crippen MR) is 92.0 cm³/mol. The SMILES string of the molecule is COc1cccc(N2CCN(C(=O)C3(C)CCCNC3)CC2)c1. The Labute approximate surface area is 138 Å². The van der Waals surface area contributed by atoms with Gasteiger partial charge in [0, 0.05) is 44.5 Å². The van der Waals surface area contributed by atoms with Gasteiger partial charge in [-0.2, -0.15) is 0 Å². The largest absolute Gasteiger partial charge is 0.497 e. The van der Waals surface area contributed by atoms with Crippen LogP contribution in [0, 0.1) is 5.41 Å². The number of anilines is 1.